The number of fused-ring (bicyclic) bond motifs is 1. The van der Waals surface area contributed by atoms with Crippen molar-refractivity contribution in [2.45, 2.75) is 25.3 Å². The summed E-state index contributed by atoms with van der Waals surface area (Å²) in [6.45, 7) is 2.06. The molecule has 3 rings (SSSR count). The van der Waals surface area contributed by atoms with Gasteiger partial charge >= 0.3 is 0 Å². The van der Waals surface area contributed by atoms with Crippen LogP contribution in [0.5, 0.6) is 0 Å². The Bertz CT molecular complexity index is 598. The van der Waals surface area contributed by atoms with Crippen LogP contribution in [-0.2, 0) is 0 Å². The van der Waals surface area contributed by atoms with Gasteiger partial charge in [0.15, 0.2) is 0 Å². The van der Waals surface area contributed by atoms with Gasteiger partial charge in [-0.3, -0.25) is 4.79 Å². The van der Waals surface area contributed by atoms with Crippen LogP contribution < -0.4 is 11.1 Å². The lowest BCUT2D eigenvalue weighted by Gasteiger charge is -2.10. The maximum absolute atomic E-state index is 12.1. The molecule has 1 aliphatic carbocycles. The van der Waals surface area contributed by atoms with Gasteiger partial charge < -0.3 is 11.1 Å². The number of nitrogens with one attached hydrogen (secondary N) is 1. The highest BCUT2D eigenvalue weighted by Gasteiger charge is 2.39. The molecule has 4 heteroatoms. The molecule has 0 saturated heterocycles. The highest BCUT2D eigenvalue weighted by atomic mass is 32.1. The minimum Gasteiger partial charge on any atom is -0.397 e. The molecular formula is C13H14N2OS. The molecule has 0 aliphatic heterocycles. The van der Waals surface area contributed by atoms with E-state index in [1.807, 2.05) is 24.3 Å². The second-order valence-electron chi connectivity index (χ2n) is 4.86. The Hall–Kier alpha value is -1.55. The number of benzene rings is 1. The lowest BCUT2D eigenvalue weighted by atomic mass is 10.2. The van der Waals surface area contributed by atoms with Crippen molar-refractivity contribution in [3.8, 4) is 0 Å². The van der Waals surface area contributed by atoms with Gasteiger partial charge in [-0.05, 0) is 25.8 Å². The molecule has 88 valence electrons. The lowest BCUT2D eigenvalue weighted by Crippen LogP contribution is -2.34. The van der Waals surface area contributed by atoms with Gasteiger partial charge in [0.2, 0.25) is 0 Å². The predicted molar refractivity (Wildman–Crippen MR) is 71.3 cm³/mol. The number of thiophene rings is 1. The molecule has 0 radical (unpaired) electrons. The molecule has 1 aromatic carbocycles. The minimum atomic E-state index is -0.0382. The molecule has 0 unspecified atom stereocenters. The zero-order valence-corrected chi connectivity index (χ0v) is 10.4. The van der Waals surface area contributed by atoms with Crippen molar-refractivity contribution in [3.05, 3.63) is 29.1 Å². The Balaban J connectivity index is 1.99. The number of carbonyl (C=O) groups excluding carboxylic acids is 1. The number of hydrogen-bond donors (Lipinski definition) is 2. The topological polar surface area (TPSA) is 55.1 Å². The van der Waals surface area contributed by atoms with Crippen molar-refractivity contribution in [2.24, 2.45) is 0 Å². The largest absolute Gasteiger partial charge is 0.397 e. The average Bonchev–Trinajstić information content (AvgIpc) is 2.92. The number of nitrogens with two attached hydrogens (primary N) is 1. The van der Waals surface area contributed by atoms with E-state index < -0.39 is 0 Å². The predicted octanol–water partition coefficient (Wildman–Crippen LogP) is 2.77. The fourth-order valence-corrected chi connectivity index (χ4v) is 2.90. The molecule has 1 heterocycles. The van der Waals surface area contributed by atoms with Gasteiger partial charge in [-0.1, -0.05) is 18.2 Å². The van der Waals surface area contributed by atoms with Crippen LogP contribution in [0, 0.1) is 0 Å². The number of carbonyl (C=O) groups is 1. The van der Waals surface area contributed by atoms with Gasteiger partial charge in [0.1, 0.15) is 4.88 Å². The van der Waals surface area contributed by atoms with Crippen LogP contribution in [0.4, 0.5) is 5.69 Å². The van der Waals surface area contributed by atoms with Crippen molar-refractivity contribution in [2.75, 3.05) is 5.73 Å². The van der Waals surface area contributed by atoms with E-state index in [0.717, 1.165) is 22.9 Å². The van der Waals surface area contributed by atoms with Gasteiger partial charge in [0.05, 0.1) is 5.69 Å². The quantitative estimate of drug-likeness (QED) is 0.856. The second kappa shape index (κ2) is 3.47. The van der Waals surface area contributed by atoms with Crippen molar-refractivity contribution in [1.82, 2.24) is 5.32 Å². The summed E-state index contributed by atoms with van der Waals surface area (Å²) in [6, 6.07) is 7.85. The number of nitrogen functional groups attached to an aromatic ring is 1. The highest BCUT2D eigenvalue weighted by Crippen LogP contribution is 2.37. The average molecular weight is 246 g/mol. The second-order valence-corrected chi connectivity index (χ2v) is 5.91. The zero-order chi connectivity index (χ0) is 12.0. The van der Waals surface area contributed by atoms with Crippen LogP contribution in [0.1, 0.15) is 29.4 Å². The molecule has 0 spiro atoms. The third-order valence-corrected chi connectivity index (χ3v) is 4.44. The van der Waals surface area contributed by atoms with E-state index >= 15 is 0 Å². The van der Waals surface area contributed by atoms with E-state index in [-0.39, 0.29) is 11.4 Å². The molecule has 0 bridgehead atoms. The number of hydrogen-bond acceptors (Lipinski definition) is 3. The summed E-state index contributed by atoms with van der Waals surface area (Å²) in [6.07, 6.45) is 2.12. The normalized spacial score (nSPS) is 17.0. The Morgan fingerprint density at radius 3 is 2.76 bits per heavy atom. The number of rotatable bonds is 2. The Morgan fingerprint density at radius 2 is 2.12 bits per heavy atom. The van der Waals surface area contributed by atoms with E-state index in [0.29, 0.717) is 10.6 Å². The van der Waals surface area contributed by atoms with Gasteiger partial charge in [-0.2, -0.15) is 0 Å². The summed E-state index contributed by atoms with van der Waals surface area (Å²) in [5.74, 6) is -0.0382. The van der Waals surface area contributed by atoms with Crippen LogP contribution in [0.3, 0.4) is 0 Å². The molecule has 1 fully saturated rings. The van der Waals surface area contributed by atoms with Crippen molar-refractivity contribution < 1.29 is 4.79 Å². The first-order valence-corrected chi connectivity index (χ1v) is 6.50. The smallest absolute Gasteiger partial charge is 0.263 e. The first-order chi connectivity index (χ1) is 8.09. The van der Waals surface area contributed by atoms with Gasteiger partial charge in [-0.25, -0.2) is 0 Å². The summed E-state index contributed by atoms with van der Waals surface area (Å²) < 4.78 is 1.07. The molecular weight excluding hydrogens is 232 g/mol. The Morgan fingerprint density at radius 1 is 1.41 bits per heavy atom. The van der Waals surface area contributed by atoms with E-state index in [4.69, 9.17) is 5.73 Å². The fourth-order valence-electron chi connectivity index (χ4n) is 1.88. The summed E-state index contributed by atoms with van der Waals surface area (Å²) >= 11 is 1.46. The van der Waals surface area contributed by atoms with Crippen LogP contribution in [0.25, 0.3) is 10.1 Å². The van der Waals surface area contributed by atoms with E-state index in [1.165, 1.54) is 11.3 Å². The first-order valence-electron chi connectivity index (χ1n) is 5.69. The molecule has 3 nitrogen and oxygen atoms in total. The monoisotopic (exact) mass is 246 g/mol. The molecule has 3 N–H and O–H groups in total. The number of anilines is 1. The molecule has 1 aliphatic rings. The van der Waals surface area contributed by atoms with Crippen molar-refractivity contribution in [1.29, 1.82) is 0 Å². The highest BCUT2D eigenvalue weighted by molar-refractivity contribution is 7.21. The Kier molecular flexibility index (Phi) is 2.16. The van der Waals surface area contributed by atoms with Gasteiger partial charge in [-0.15, -0.1) is 11.3 Å². The summed E-state index contributed by atoms with van der Waals surface area (Å²) in [5, 5.41) is 4.02. The van der Waals surface area contributed by atoms with Crippen LogP contribution >= 0.6 is 11.3 Å². The standard InChI is InChI=1S/C13H14N2OS/c1-13(6-7-13)15-12(16)11-10(14)8-4-2-3-5-9(8)17-11/h2-5H,6-7,14H2,1H3,(H,15,16). The summed E-state index contributed by atoms with van der Waals surface area (Å²) in [4.78, 5) is 12.7. The summed E-state index contributed by atoms with van der Waals surface area (Å²) in [7, 11) is 0. The van der Waals surface area contributed by atoms with Crippen molar-refractivity contribution in [3.63, 3.8) is 0 Å². The van der Waals surface area contributed by atoms with Crippen molar-refractivity contribution >= 4 is 33.0 Å². The van der Waals surface area contributed by atoms with Crippen LogP contribution in [0.15, 0.2) is 24.3 Å². The van der Waals surface area contributed by atoms with Gasteiger partial charge in [0.25, 0.3) is 5.91 Å². The summed E-state index contributed by atoms with van der Waals surface area (Å²) in [5.41, 5.74) is 6.63. The van der Waals surface area contributed by atoms with E-state index in [1.54, 1.807) is 0 Å². The van der Waals surface area contributed by atoms with Crippen LogP contribution in [0.2, 0.25) is 0 Å². The fraction of sp³-hybridized carbons (Fsp3) is 0.308. The van der Waals surface area contributed by atoms with Crippen LogP contribution in [-0.4, -0.2) is 11.4 Å². The van der Waals surface area contributed by atoms with E-state index in [9.17, 15) is 4.79 Å². The molecule has 1 amide bonds. The molecule has 17 heavy (non-hydrogen) atoms. The maximum atomic E-state index is 12.1. The third-order valence-electron chi connectivity index (χ3n) is 3.26. The first kappa shape index (κ1) is 10.6. The SMILES string of the molecule is CC1(NC(=O)c2sc3ccccc3c2N)CC1. The molecule has 2 aromatic rings. The maximum Gasteiger partial charge on any atom is 0.263 e. The third kappa shape index (κ3) is 1.78. The molecule has 1 saturated carbocycles. The minimum absolute atomic E-state index is 0.000300. The van der Waals surface area contributed by atoms with E-state index in [2.05, 4.69) is 12.2 Å². The lowest BCUT2D eigenvalue weighted by molar-refractivity contribution is 0.0940. The molecule has 0 atom stereocenters. The zero-order valence-electron chi connectivity index (χ0n) is 9.62. The Labute approximate surface area is 104 Å². The van der Waals surface area contributed by atoms with Gasteiger partial charge in [0, 0.05) is 15.6 Å². The number of amides is 1. The molecule has 1 aromatic heterocycles.